The highest BCUT2D eigenvalue weighted by molar-refractivity contribution is 5.82. The van der Waals surface area contributed by atoms with Crippen LogP contribution >= 0.6 is 0 Å². The number of aromatic amines is 1. The van der Waals surface area contributed by atoms with E-state index in [1.54, 1.807) is 6.33 Å². The van der Waals surface area contributed by atoms with E-state index in [4.69, 9.17) is 5.26 Å². The molecule has 2 heterocycles. The van der Waals surface area contributed by atoms with Crippen LogP contribution in [-0.2, 0) is 7.05 Å². The second-order valence-electron chi connectivity index (χ2n) is 3.80. The molecule has 0 atom stereocenters. The van der Waals surface area contributed by atoms with Gasteiger partial charge in [-0.05, 0) is 12.1 Å². The largest absolute Gasteiger partial charge is 0.343 e. The number of hydrogen-bond acceptors (Lipinski definition) is 3. The van der Waals surface area contributed by atoms with E-state index in [-0.39, 0.29) is 0 Å². The molecule has 1 N–H and O–H groups in total. The molecule has 0 amide bonds. The van der Waals surface area contributed by atoms with Crippen LogP contribution in [0.3, 0.4) is 0 Å². The number of nitrogens with zero attached hydrogens (tertiary/aromatic N) is 4. The van der Waals surface area contributed by atoms with E-state index < -0.39 is 0 Å². The van der Waals surface area contributed by atoms with Gasteiger partial charge in [-0.15, -0.1) is 0 Å². The highest BCUT2D eigenvalue weighted by atomic mass is 15.0. The van der Waals surface area contributed by atoms with Gasteiger partial charge >= 0.3 is 0 Å². The normalized spacial score (nSPS) is 10.6. The lowest BCUT2D eigenvalue weighted by Crippen LogP contribution is -1.85. The Morgan fingerprint density at radius 1 is 1.35 bits per heavy atom. The van der Waals surface area contributed by atoms with Crippen LogP contribution in [0, 0.1) is 11.3 Å². The Kier molecular flexibility index (Phi) is 1.95. The zero-order chi connectivity index (χ0) is 11.8. The number of imidazole rings is 2. The average Bonchev–Trinajstić information content (AvgIpc) is 2.96. The molecule has 5 nitrogen and oxygen atoms in total. The first-order valence-corrected chi connectivity index (χ1v) is 5.14. The monoisotopic (exact) mass is 223 g/mol. The summed E-state index contributed by atoms with van der Waals surface area (Å²) in [4.78, 5) is 11.2. The van der Waals surface area contributed by atoms with Gasteiger partial charge in [0, 0.05) is 12.6 Å². The van der Waals surface area contributed by atoms with Crippen molar-refractivity contribution < 1.29 is 0 Å². The quantitative estimate of drug-likeness (QED) is 0.684. The van der Waals surface area contributed by atoms with Gasteiger partial charge in [-0.2, -0.15) is 5.26 Å². The van der Waals surface area contributed by atoms with Crippen LogP contribution in [0.2, 0.25) is 0 Å². The molecule has 0 saturated heterocycles. The molecule has 3 aromatic rings. The molecule has 5 heteroatoms. The molecule has 0 spiro atoms. The maximum Gasteiger partial charge on any atom is 0.166 e. The Balaban J connectivity index is 2.22. The summed E-state index contributed by atoms with van der Waals surface area (Å²) in [5.74, 6) is 0. The van der Waals surface area contributed by atoms with Crippen LogP contribution in [0.15, 0.2) is 30.9 Å². The van der Waals surface area contributed by atoms with Crippen molar-refractivity contribution in [2.24, 2.45) is 7.05 Å². The Labute approximate surface area is 97.4 Å². The van der Waals surface area contributed by atoms with E-state index in [1.165, 1.54) is 6.33 Å². The third kappa shape index (κ3) is 1.39. The van der Waals surface area contributed by atoms with Crippen molar-refractivity contribution in [1.82, 2.24) is 19.5 Å². The zero-order valence-corrected chi connectivity index (χ0v) is 9.18. The molecule has 2 aromatic heterocycles. The van der Waals surface area contributed by atoms with Gasteiger partial charge in [0.1, 0.15) is 6.07 Å². The minimum Gasteiger partial charge on any atom is -0.343 e. The molecule has 0 saturated carbocycles. The van der Waals surface area contributed by atoms with Crippen LogP contribution < -0.4 is 0 Å². The van der Waals surface area contributed by atoms with Crippen LogP contribution in [0.4, 0.5) is 0 Å². The Bertz CT molecular complexity index is 729. The third-order valence-corrected chi connectivity index (χ3v) is 2.76. The first-order chi connectivity index (χ1) is 8.29. The van der Waals surface area contributed by atoms with Crippen LogP contribution in [0.5, 0.6) is 0 Å². The molecule has 82 valence electrons. The predicted octanol–water partition coefficient (Wildman–Crippen LogP) is 1.84. The van der Waals surface area contributed by atoms with Gasteiger partial charge in [0.05, 0.1) is 29.4 Å². The van der Waals surface area contributed by atoms with E-state index in [2.05, 4.69) is 21.0 Å². The summed E-state index contributed by atoms with van der Waals surface area (Å²) in [6, 6.07) is 7.95. The predicted molar refractivity (Wildman–Crippen MR) is 63.0 cm³/mol. The van der Waals surface area contributed by atoms with Crippen molar-refractivity contribution in [2.45, 2.75) is 0 Å². The van der Waals surface area contributed by atoms with Crippen molar-refractivity contribution in [3.8, 4) is 17.3 Å². The zero-order valence-electron chi connectivity index (χ0n) is 9.18. The molecule has 0 aliphatic heterocycles. The fraction of sp³-hybridized carbons (Fsp3) is 0.0833. The summed E-state index contributed by atoms with van der Waals surface area (Å²) < 4.78 is 1.96. The van der Waals surface area contributed by atoms with E-state index in [0.717, 1.165) is 22.3 Å². The first-order valence-electron chi connectivity index (χ1n) is 5.14. The standard InChI is InChI=1S/C12H9N5/c1-17-7-16-9-4-8(2-3-11(9)17)12-10(5-13)14-6-15-12/h2-4,6-7H,1H3,(H,14,15). The molecule has 0 aliphatic carbocycles. The molecule has 3 rings (SSSR count). The topological polar surface area (TPSA) is 70.3 Å². The number of H-pyrrole nitrogens is 1. The molecule has 0 unspecified atom stereocenters. The summed E-state index contributed by atoms with van der Waals surface area (Å²) in [6.45, 7) is 0. The van der Waals surface area contributed by atoms with Gasteiger partial charge in [0.2, 0.25) is 0 Å². The van der Waals surface area contributed by atoms with Crippen molar-refractivity contribution in [2.75, 3.05) is 0 Å². The smallest absolute Gasteiger partial charge is 0.166 e. The molecular weight excluding hydrogens is 214 g/mol. The first kappa shape index (κ1) is 9.60. The number of hydrogen-bond donors (Lipinski definition) is 1. The summed E-state index contributed by atoms with van der Waals surface area (Å²) >= 11 is 0. The fourth-order valence-electron chi connectivity index (χ4n) is 1.89. The lowest BCUT2D eigenvalue weighted by atomic mass is 10.1. The summed E-state index contributed by atoms with van der Waals surface area (Å²) in [7, 11) is 1.95. The lowest BCUT2D eigenvalue weighted by molar-refractivity contribution is 0.948. The minimum atomic E-state index is 0.403. The summed E-state index contributed by atoms with van der Waals surface area (Å²) in [6.07, 6.45) is 3.29. The summed E-state index contributed by atoms with van der Waals surface area (Å²) in [5.41, 5.74) is 4.03. The van der Waals surface area contributed by atoms with Gasteiger partial charge in [0.25, 0.3) is 0 Å². The second-order valence-corrected chi connectivity index (χ2v) is 3.80. The van der Waals surface area contributed by atoms with E-state index in [1.807, 2.05) is 29.8 Å². The SMILES string of the molecule is Cn1cnc2cc(-c3[nH]cnc3C#N)ccc21. The molecule has 17 heavy (non-hydrogen) atoms. The number of fused-ring (bicyclic) bond motifs is 1. The van der Waals surface area contributed by atoms with Gasteiger partial charge in [0.15, 0.2) is 5.69 Å². The van der Waals surface area contributed by atoms with Gasteiger partial charge in [-0.1, -0.05) is 6.07 Å². The van der Waals surface area contributed by atoms with Gasteiger partial charge < -0.3 is 9.55 Å². The Morgan fingerprint density at radius 3 is 3.06 bits per heavy atom. The van der Waals surface area contributed by atoms with Crippen LogP contribution in [0.25, 0.3) is 22.3 Å². The molecule has 1 aromatic carbocycles. The van der Waals surface area contributed by atoms with Crippen LogP contribution in [0.1, 0.15) is 5.69 Å². The number of rotatable bonds is 1. The highest BCUT2D eigenvalue weighted by Gasteiger charge is 2.09. The van der Waals surface area contributed by atoms with Crippen LogP contribution in [-0.4, -0.2) is 19.5 Å². The number of benzene rings is 1. The van der Waals surface area contributed by atoms with Crippen molar-refractivity contribution in [1.29, 1.82) is 5.26 Å². The highest BCUT2D eigenvalue weighted by Crippen LogP contribution is 2.23. The molecule has 0 radical (unpaired) electrons. The maximum atomic E-state index is 8.93. The Hall–Kier alpha value is -2.61. The second kappa shape index (κ2) is 3.46. The van der Waals surface area contributed by atoms with Gasteiger partial charge in [-0.25, -0.2) is 9.97 Å². The van der Waals surface area contributed by atoms with Crippen molar-refractivity contribution in [3.63, 3.8) is 0 Å². The Morgan fingerprint density at radius 2 is 2.24 bits per heavy atom. The molecule has 0 aliphatic rings. The van der Waals surface area contributed by atoms with Crippen molar-refractivity contribution >= 4 is 11.0 Å². The number of nitriles is 1. The molecule has 0 bridgehead atoms. The molecular formula is C12H9N5. The summed E-state index contributed by atoms with van der Waals surface area (Å²) in [5, 5.41) is 8.93. The minimum absolute atomic E-state index is 0.403. The number of aromatic nitrogens is 4. The molecule has 0 fully saturated rings. The van der Waals surface area contributed by atoms with E-state index in [9.17, 15) is 0 Å². The average molecular weight is 223 g/mol. The van der Waals surface area contributed by atoms with E-state index >= 15 is 0 Å². The maximum absolute atomic E-state index is 8.93. The van der Waals surface area contributed by atoms with Gasteiger partial charge in [-0.3, -0.25) is 0 Å². The number of nitrogens with one attached hydrogen (secondary N) is 1. The number of aryl methyl sites for hydroxylation is 1. The lowest BCUT2D eigenvalue weighted by Gasteiger charge is -1.99. The van der Waals surface area contributed by atoms with Crippen molar-refractivity contribution in [3.05, 3.63) is 36.5 Å². The van der Waals surface area contributed by atoms with E-state index in [0.29, 0.717) is 5.69 Å². The third-order valence-electron chi connectivity index (χ3n) is 2.76. The fourth-order valence-corrected chi connectivity index (χ4v) is 1.89.